The molecule has 25 heavy (non-hydrogen) atoms. The highest BCUT2D eigenvalue weighted by atomic mass is 35.5. The highest BCUT2D eigenvalue weighted by Crippen LogP contribution is 2.49. The molecule has 1 heterocycles. The predicted octanol–water partition coefficient (Wildman–Crippen LogP) is 3.79. The van der Waals surface area contributed by atoms with Crippen molar-refractivity contribution in [1.82, 2.24) is 0 Å². The largest absolute Gasteiger partial charge is 1.00 e. The van der Waals surface area contributed by atoms with Gasteiger partial charge in [0.1, 0.15) is 0 Å². The third-order valence-electron chi connectivity index (χ3n) is 6.27. The summed E-state index contributed by atoms with van der Waals surface area (Å²) in [5.41, 5.74) is 5.19. The van der Waals surface area contributed by atoms with Crippen LogP contribution in [0.25, 0.3) is 0 Å². The smallest absolute Gasteiger partial charge is 0.212 e. The summed E-state index contributed by atoms with van der Waals surface area (Å²) in [6.45, 7) is 14.2. The van der Waals surface area contributed by atoms with Crippen LogP contribution in [-0.4, -0.2) is 16.3 Å². The second-order valence-corrected chi connectivity index (χ2v) is 9.51. The maximum atomic E-state index is 2.68. The Morgan fingerprint density at radius 1 is 0.880 bits per heavy atom. The topological polar surface area (TPSA) is 3.01 Å². The Labute approximate surface area is 161 Å². The van der Waals surface area contributed by atoms with Crippen molar-refractivity contribution in [3.8, 4) is 0 Å². The van der Waals surface area contributed by atoms with Gasteiger partial charge in [-0.3, -0.25) is 0 Å². The fraction of sp³-hybridized carbons (Fsp3) is 0.696. The zero-order chi connectivity index (χ0) is 17.5. The molecule has 1 saturated carbocycles. The van der Waals surface area contributed by atoms with E-state index in [1.165, 1.54) is 55.3 Å². The molecule has 1 aromatic rings. The van der Waals surface area contributed by atoms with E-state index >= 15 is 0 Å². The van der Waals surface area contributed by atoms with Crippen LogP contribution in [0.4, 0.5) is 5.69 Å². The molecule has 1 aliphatic carbocycles. The van der Waals surface area contributed by atoms with Crippen molar-refractivity contribution in [2.24, 2.45) is 5.41 Å². The van der Waals surface area contributed by atoms with Gasteiger partial charge >= 0.3 is 0 Å². The minimum absolute atomic E-state index is 0. The van der Waals surface area contributed by atoms with Crippen molar-refractivity contribution in [2.45, 2.75) is 97.4 Å². The zero-order valence-electron chi connectivity index (χ0n) is 17.0. The molecular weight excluding hydrogens is 326 g/mol. The average molecular weight is 362 g/mol. The summed E-state index contributed by atoms with van der Waals surface area (Å²) in [6.07, 6.45) is 11.0. The lowest BCUT2D eigenvalue weighted by molar-refractivity contribution is -0.513. The van der Waals surface area contributed by atoms with Crippen LogP contribution in [0.15, 0.2) is 18.2 Å². The Morgan fingerprint density at radius 3 is 1.88 bits per heavy atom. The van der Waals surface area contributed by atoms with Crippen LogP contribution in [0.1, 0.15) is 103 Å². The molecule has 1 aromatic carbocycles. The van der Waals surface area contributed by atoms with Gasteiger partial charge in [-0.25, -0.2) is 0 Å². The van der Waals surface area contributed by atoms with Gasteiger partial charge in [-0.1, -0.05) is 65.2 Å². The summed E-state index contributed by atoms with van der Waals surface area (Å²) >= 11 is 0. The lowest BCUT2D eigenvalue weighted by Gasteiger charge is -2.29. The number of para-hydroxylation sites is 1. The van der Waals surface area contributed by atoms with Gasteiger partial charge in [-0.2, -0.15) is 4.58 Å². The number of nitrogens with zero attached hydrogens (tertiary/aromatic N) is 1. The van der Waals surface area contributed by atoms with Crippen LogP contribution in [0.2, 0.25) is 0 Å². The molecule has 1 fully saturated rings. The second-order valence-electron chi connectivity index (χ2n) is 9.51. The monoisotopic (exact) mass is 361 g/mol. The van der Waals surface area contributed by atoms with E-state index in [0.29, 0.717) is 17.3 Å². The molecule has 1 spiro atoms. The molecule has 0 N–H and O–H groups in total. The van der Waals surface area contributed by atoms with E-state index in [9.17, 15) is 0 Å². The maximum Gasteiger partial charge on any atom is 0.212 e. The minimum Gasteiger partial charge on any atom is -1.00 e. The van der Waals surface area contributed by atoms with Crippen LogP contribution >= 0.6 is 0 Å². The molecule has 0 unspecified atom stereocenters. The summed E-state index contributed by atoms with van der Waals surface area (Å²) in [7, 11) is 0. The van der Waals surface area contributed by atoms with Crippen LogP contribution in [-0.2, 0) is 0 Å². The molecule has 0 saturated heterocycles. The molecular formula is C23H36ClN. The maximum absolute atomic E-state index is 2.68. The van der Waals surface area contributed by atoms with Gasteiger partial charge < -0.3 is 12.4 Å². The zero-order valence-corrected chi connectivity index (χ0v) is 17.8. The molecule has 0 radical (unpaired) electrons. The molecule has 2 aliphatic rings. The van der Waals surface area contributed by atoms with Gasteiger partial charge in [0.15, 0.2) is 11.8 Å². The van der Waals surface area contributed by atoms with Gasteiger partial charge in [0, 0.05) is 31.4 Å². The molecule has 1 nitrogen and oxygen atoms in total. The van der Waals surface area contributed by atoms with Crippen molar-refractivity contribution < 1.29 is 17.0 Å². The highest BCUT2D eigenvalue weighted by Gasteiger charge is 2.52. The van der Waals surface area contributed by atoms with Crippen LogP contribution in [0.3, 0.4) is 0 Å². The highest BCUT2D eigenvalue weighted by molar-refractivity contribution is 5.67. The van der Waals surface area contributed by atoms with Crippen LogP contribution in [0, 0.1) is 5.41 Å². The van der Waals surface area contributed by atoms with Crippen molar-refractivity contribution >= 4 is 11.9 Å². The standard InChI is InChI=1S/C23H36N.ClH/c1-17(2)19-11-10-12-20(18(3)4)21(19)24-16-23(15-22(24,5)6)13-8-7-9-14-23;/h10-12,16-18H,7-9,13-15H2,1-6H3;1H/q+1;/p-1. The van der Waals surface area contributed by atoms with Crippen molar-refractivity contribution in [3.05, 3.63) is 29.3 Å². The summed E-state index contributed by atoms with van der Waals surface area (Å²) < 4.78 is 2.68. The van der Waals surface area contributed by atoms with Crippen LogP contribution in [0.5, 0.6) is 0 Å². The van der Waals surface area contributed by atoms with Gasteiger partial charge in [0.05, 0.1) is 5.41 Å². The van der Waals surface area contributed by atoms with E-state index in [2.05, 4.69) is 70.5 Å². The Hall–Kier alpha value is -0.820. The number of rotatable bonds is 3. The minimum atomic E-state index is 0. The molecule has 1 aliphatic heterocycles. The Balaban J connectivity index is 0.00000225. The molecule has 0 bridgehead atoms. The average Bonchev–Trinajstić information content (AvgIpc) is 2.77. The van der Waals surface area contributed by atoms with E-state index in [0.717, 1.165) is 0 Å². The molecule has 0 aromatic heterocycles. The number of hydrogen-bond acceptors (Lipinski definition) is 0. The van der Waals surface area contributed by atoms with Crippen molar-refractivity contribution in [3.63, 3.8) is 0 Å². The normalized spacial score (nSPS) is 21.5. The van der Waals surface area contributed by atoms with Crippen molar-refractivity contribution in [1.29, 1.82) is 0 Å². The van der Waals surface area contributed by atoms with E-state index in [4.69, 9.17) is 0 Å². The molecule has 2 heteroatoms. The number of benzene rings is 1. The predicted molar refractivity (Wildman–Crippen MR) is 105 cm³/mol. The first-order valence-electron chi connectivity index (χ1n) is 10.0. The van der Waals surface area contributed by atoms with E-state index in [-0.39, 0.29) is 17.9 Å². The van der Waals surface area contributed by atoms with Crippen molar-refractivity contribution in [2.75, 3.05) is 0 Å². The van der Waals surface area contributed by atoms with Gasteiger partial charge in [0.2, 0.25) is 5.69 Å². The van der Waals surface area contributed by atoms with Gasteiger partial charge in [-0.05, 0) is 24.7 Å². The second kappa shape index (κ2) is 7.43. The summed E-state index contributed by atoms with van der Waals surface area (Å²) in [5, 5.41) is 0. The molecule has 0 atom stereocenters. The van der Waals surface area contributed by atoms with Gasteiger partial charge in [-0.15, -0.1) is 0 Å². The Morgan fingerprint density at radius 2 is 1.40 bits per heavy atom. The van der Waals surface area contributed by atoms with E-state index in [1.807, 2.05) is 0 Å². The van der Waals surface area contributed by atoms with Crippen LogP contribution < -0.4 is 12.4 Å². The molecule has 3 rings (SSSR count). The lowest BCUT2D eigenvalue weighted by atomic mass is 9.71. The lowest BCUT2D eigenvalue weighted by Crippen LogP contribution is -3.00. The Kier molecular flexibility index (Phi) is 6.09. The third-order valence-corrected chi connectivity index (χ3v) is 6.27. The third kappa shape index (κ3) is 3.82. The quantitative estimate of drug-likeness (QED) is 0.721. The van der Waals surface area contributed by atoms with E-state index < -0.39 is 0 Å². The van der Waals surface area contributed by atoms with Gasteiger partial charge in [0.25, 0.3) is 0 Å². The SMILES string of the molecule is CC(C)c1cccc(C(C)C)c1[N+]1=CC2(CCCCC2)CC1(C)C.[Cl-]. The first-order chi connectivity index (χ1) is 11.3. The molecule has 140 valence electrons. The fourth-order valence-corrected chi connectivity index (χ4v) is 5.16. The Bertz CT molecular complexity index is 607. The fourth-order valence-electron chi connectivity index (χ4n) is 5.16. The first-order valence-corrected chi connectivity index (χ1v) is 10.0. The first kappa shape index (κ1) is 20.5. The van der Waals surface area contributed by atoms with E-state index in [1.54, 1.807) is 0 Å². The number of hydrogen-bond donors (Lipinski definition) is 0. The summed E-state index contributed by atoms with van der Waals surface area (Å²) in [4.78, 5) is 0. The summed E-state index contributed by atoms with van der Waals surface area (Å²) in [5.74, 6) is 1.12. The summed E-state index contributed by atoms with van der Waals surface area (Å²) in [6, 6.07) is 6.96. The number of halogens is 1. The molecule has 0 amide bonds.